The minimum absolute atomic E-state index is 0.0204. The molecule has 1 atom stereocenters. The van der Waals surface area contributed by atoms with Crippen LogP contribution in [-0.4, -0.2) is 33.0 Å². The third-order valence-corrected chi connectivity index (χ3v) is 7.91. The second-order valence-electron chi connectivity index (χ2n) is 11.2. The number of hydrogen-bond acceptors (Lipinski definition) is 3. The molecule has 0 bridgehead atoms. The average Bonchev–Trinajstić information content (AvgIpc) is 3.47. The second-order valence-corrected chi connectivity index (χ2v) is 11.2. The first kappa shape index (κ1) is 22.1. The fourth-order valence-electron chi connectivity index (χ4n) is 5.48. The average molecular weight is 469 g/mol. The highest BCUT2D eigenvalue weighted by atomic mass is 16.2. The van der Waals surface area contributed by atoms with Crippen LogP contribution < -0.4 is 5.32 Å². The predicted molar refractivity (Wildman–Crippen MR) is 135 cm³/mol. The van der Waals surface area contributed by atoms with Crippen molar-refractivity contribution in [3.05, 3.63) is 76.0 Å². The van der Waals surface area contributed by atoms with Gasteiger partial charge in [-0.1, -0.05) is 32.0 Å². The van der Waals surface area contributed by atoms with Gasteiger partial charge in [0.2, 0.25) is 0 Å². The summed E-state index contributed by atoms with van der Waals surface area (Å²) >= 11 is 0. The molecule has 3 aromatic rings. The molecule has 6 heteroatoms. The summed E-state index contributed by atoms with van der Waals surface area (Å²) in [5.41, 5.74) is 8.49. The maximum atomic E-state index is 13.3. The summed E-state index contributed by atoms with van der Waals surface area (Å²) in [6.07, 6.45) is 5.34. The zero-order valence-corrected chi connectivity index (χ0v) is 20.6. The van der Waals surface area contributed by atoms with Crippen LogP contribution in [0.1, 0.15) is 89.2 Å². The van der Waals surface area contributed by atoms with E-state index in [0.717, 1.165) is 60.1 Å². The van der Waals surface area contributed by atoms with Gasteiger partial charge in [-0.3, -0.25) is 14.7 Å². The van der Waals surface area contributed by atoms with Crippen LogP contribution in [0.2, 0.25) is 0 Å². The highest BCUT2D eigenvalue weighted by Crippen LogP contribution is 2.39. The van der Waals surface area contributed by atoms with Crippen LogP contribution >= 0.6 is 0 Å². The number of rotatable bonds is 5. The number of aromatic amines is 1. The number of fused-ring (bicyclic) bond motifs is 2. The Morgan fingerprint density at radius 2 is 1.94 bits per heavy atom. The van der Waals surface area contributed by atoms with E-state index in [4.69, 9.17) is 0 Å². The Kier molecular flexibility index (Phi) is 5.09. The van der Waals surface area contributed by atoms with Crippen molar-refractivity contribution in [2.24, 2.45) is 5.41 Å². The molecular weight excluding hydrogens is 436 g/mol. The molecule has 1 aromatic heterocycles. The van der Waals surface area contributed by atoms with Gasteiger partial charge < -0.3 is 10.2 Å². The quantitative estimate of drug-likeness (QED) is 0.540. The van der Waals surface area contributed by atoms with Gasteiger partial charge in [-0.25, -0.2) is 0 Å². The van der Waals surface area contributed by atoms with E-state index < -0.39 is 0 Å². The largest absolute Gasteiger partial charge is 0.349 e. The van der Waals surface area contributed by atoms with Crippen molar-refractivity contribution in [2.45, 2.75) is 71.5 Å². The number of benzene rings is 2. The van der Waals surface area contributed by atoms with Crippen LogP contribution in [0.4, 0.5) is 0 Å². The first-order valence-electron chi connectivity index (χ1n) is 12.7. The van der Waals surface area contributed by atoms with Gasteiger partial charge in [0.25, 0.3) is 11.8 Å². The minimum atomic E-state index is -0.0840. The zero-order valence-electron chi connectivity index (χ0n) is 20.6. The summed E-state index contributed by atoms with van der Waals surface area (Å²) in [6, 6.07) is 14.0. The second kappa shape index (κ2) is 8.08. The van der Waals surface area contributed by atoms with Crippen LogP contribution in [0.3, 0.4) is 0 Å². The molecule has 3 aliphatic rings. The molecule has 2 aromatic carbocycles. The number of aromatic nitrogens is 2. The van der Waals surface area contributed by atoms with Gasteiger partial charge in [-0.2, -0.15) is 5.10 Å². The predicted octanol–water partition coefficient (Wildman–Crippen LogP) is 5.20. The summed E-state index contributed by atoms with van der Waals surface area (Å²) in [7, 11) is 0. The molecule has 1 saturated carbocycles. The molecule has 2 aliphatic carbocycles. The van der Waals surface area contributed by atoms with E-state index in [2.05, 4.69) is 42.4 Å². The first-order valence-corrected chi connectivity index (χ1v) is 12.7. The number of carbonyl (C=O) groups is 2. The summed E-state index contributed by atoms with van der Waals surface area (Å²) in [6.45, 7) is 7.25. The Balaban J connectivity index is 1.20. The van der Waals surface area contributed by atoms with Crippen molar-refractivity contribution in [1.29, 1.82) is 0 Å². The van der Waals surface area contributed by atoms with Gasteiger partial charge in [0.1, 0.15) is 0 Å². The van der Waals surface area contributed by atoms with E-state index in [0.29, 0.717) is 23.6 Å². The first-order chi connectivity index (χ1) is 16.8. The Morgan fingerprint density at radius 1 is 1.17 bits per heavy atom. The zero-order chi connectivity index (χ0) is 24.3. The normalized spacial score (nSPS) is 19.3. The number of amides is 2. The Hall–Kier alpha value is -3.41. The van der Waals surface area contributed by atoms with Crippen molar-refractivity contribution in [3.8, 4) is 11.3 Å². The highest BCUT2D eigenvalue weighted by Gasteiger charge is 2.33. The maximum Gasteiger partial charge on any atom is 0.255 e. The van der Waals surface area contributed by atoms with E-state index >= 15 is 0 Å². The topological polar surface area (TPSA) is 78.1 Å². The molecule has 0 unspecified atom stereocenters. The maximum absolute atomic E-state index is 13.3. The Morgan fingerprint density at radius 3 is 2.69 bits per heavy atom. The van der Waals surface area contributed by atoms with Crippen molar-refractivity contribution in [1.82, 2.24) is 20.4 Å². The Labute approximate surface area is 206 Å². The van der Waals surface area contributed by atoms with E-state index in [1.807, 2.05) is 41.3 Å². The third kappa shape index (κ3) is 4.05. The molecular formula is C29H32N4O2. The SMILES string of the molecule is C[C@H](c1ccc(C(=O)NC2CC2)cc1)N1Cc2cc(-c3n[nH]c4c3CCC(C)(C)C4)ccc2C1=O. The number of nitrogens with zero attached hydrogens (tertiary/aromatic N) is 2. The van der Waals surface area contributed by atoms with Crippen LogP contribution in [0, 0.1) is 5.41 Å². The fourth-order valence-corrected chi connectivity index (χ4v) is 5.48. The van der Waals surface area contributed by atoms with Gasteiger partial charge in [0.15, 0.2) is 0 Å². The molecule has 0 saturated heterocycles. The highest BCUT2D eigenvalue weighted by molar-refractivity contribution is 5.99. The van der Waals surface area contributed by atoms with Gasteiger partial charge in [0.05, 0.1) is 11.7 Å². The molecule has 2 N–H and O–H groups in total. The summed E-state index contributed by atoms with van der Waals surface area (Å²) < 4.78 is 0. The van der Waals surface area contributed by atoms with Crippen LogP contribution in [-0.2, 0) is 19.4 Å². The van der Waals surface area contributed by atoms with Crippen molar-refractivity contribution in [3.63, 3.8) is 0 Å². The molecule has 2 amide bonds. The lowest BCUT2D eigenvalue weighted by molar-refractivity contribution is 0.0715. The summed E-state index contributed by atoms with van der Waals surface area (Å²) in [5.74, 6) is 0.0356. The number of nitrogens with one attached hydrogen (secondary N) is 2. The summed E-state index contributed by atoms with van der Waals surface area (Å²) in [4.78, 5) is 27.5. The molecule has 1 fully saturated rings. The molecule has 35 heavy (non-hydrogen) atoms. The molecule has 6 rings (SSSR count). The Bertz CT molecular complexity index is 1320. The van der Waals surface area contributed by atoms with Crippen molar-refractivity contribution in [2.75, 3.05) is 0 Å². The van der Waals surface area contributed by atoms with Gasteiger partial charge in [-0.15, -0.1) is 0 Å². The minimum Gasteiger partial charge on any atom is -0.349 e. The molecule has 0 spiro atoms. The lowest BCUT2D eigenvalue weighted by Gasteiger charge is -2.29. The molecule has 180 valence electrons. The lowest BCUT2D eigenvalue weighted by Crippen LogP contribution is -2.27. The lowest BCUT2D eigenvalue weighted by atomic mass is 9.76. The van der Waals surface area contributed by atoms with Gasteiger partial charge >= 0.3 is 0 Å². The smallest absolute Gasteiger partial charge is 0.255 e. The standard InChI is InChI=1S/C29H32N4O2/c1-17(18-4-6-19(7-5-18)27(34)30-22-9-10-22)33-16-21-14-20(8-11-23(21)28(33)35)26-24-12-13-29(2,3)15-25(24)31-32-26/h4-8,11,14,17,22H,9-10,12-13,15-16H2,1-3H3,(H,30,34)(H,31,32)/t17-/m1/s1. The number of H-pyrrole nitrogens is 1. The monoisotopic (exact) mass is 468 g/mol. The van der Waals surface area contributed by atoms with E-state index in [9.17, 15) is 9.59 Å². The van der Waals surface area contributed by atoms with E-state index in [1.54, 1.807) is 0 Å². The van der Waals surface area contributed by atoms with Crippen molar-refractivity contribution >= 4 is 11.8 Å². The van der Waals surface area contributed by atoms with Crippen LogP contribution in [0.5, 0.6) is 0 Å². The third-order valence-electron chi connectivity index (χ3n) is 7.91. The summed E-state index contributed by atoms with van der Waals surface area (Å²) in [5, 5.41) is 11.0. The van der Waals surface area contributed by atoms with Crippen molar-refractivity contribution < 1.29 is 9.59 Å². The van der Waals surface area contributed by atoms with E-state index in [1.165, 1.54) is 11.3 Å². The molecule has 0 radical (unpaired) electrons. The molecule has 6 nitrogen and oxygen atoms in total. The number of hydrogen-bond donors (Lipinski definition) is 2. The molecule has 2 heterocycles. The molecule has 1 aliphatic heterocycles. The van der Waals surface area contributed by atoms with Crippen LogP contribution in [0.15, 0.2) is 42.5 Å². The van der Waals surface area contributed by atoms with Gasteiger partial charge in [-0.05, 0) is 79.8 Å². The van der Waals surface area contributed by atoms with E-state index in [-0.39, 0.29) is 17.9 Å². The van der Waals surface area contributed by atoms with Gasteiger partial charge in [0, 0.05) is 40.5 Å². The van der Waals surface area contributed by atoms with Crippen LogP contribution in [0.25, 0.3) is 11.3 Å². The number of carbonyl (C=O) groups excluding carboxylic acids is 2. The fraction of sp³-hybridized carbons (Fsp3) is 0.414.